The van der Waals surface area contributed by atoms with Crippen LogP contribution in [0.15, 0.2) is 0 Å². The fourth-order valence-corrected chi connectivity index (χ4v) is 0.367. The van der Waals surface area contributed by atoms with Crippen molar-refractivity contribution in [1.82, 2.24) is 5.32 Å². The molecule has 0 aromatic rings. The number of carboxylic acid groups (broad SMARTS) is 1. The van der Waals surface area contributed by atoms with Crippen LogP contribution in [0.2, 0.25) is 0 Å². The van der Waals surface area contributed by atoms with Gasteiger partial charge in [-0.1, -0.05) is 13.8 Å². The van der Waals surface area contributed by atoms with Gasteiger partial charge in [-0.15, -0.1) is 0 Å². The van der Waals surface area contributed by atoms with Gasteiger partial charge in [0, 0.05) is 5.92 Å². The molecule has 2 N–H and O–H groups in total. The fraction of sp³-hybridized carbons (Fsp3) is 0.667. The van der Waals surface area contributed by atoms with E-state index in [9.17, 15) is 9.59 Å². The van der Waals surface area contributed by atoms with Crippen LogP contribution in [0, 0.1) is 5.92 Å². The van der Waals surface area contributed by atoms with Crippen LogP contribution in [-0.4, -0.2) is 23.5 Å². The summed E-state index contributed by atoms with van der Waals surface area (Å²) in [5.41, 5.74) is 0. The van der Waals surface area contributed by atoms with Gasteiger partial charge in [0.05, 0.1) is 0 Å². The minimum absolute atomic E-state index is 0.153. The van der Waals surface area contributed by atoms with Crippen molar-refractivity contribution >= 4 is 11.9 Å². The molecule has 0 heterocycles. The summed E-state index contributed by atoms with van der Waals surface area (Å²) >= 11 is 0. The number of rotatable bonds is 3. The molecule has 0 spiro atoms. The highest BCUT2D eigenvalue weighted by Crippen LogP contribution is 1.88. The lowest BCUT2D eigenvalue weighted by Gasteiger charge is -2.03. The number of carbonyl (C=O) groups excluding carboxylic acids is 1. The SMILES string of the molecule is CC(C)C(=O)NCC(=O)O. The molecule has 0 saturated carbocycles. The van der Waals surface area contributed by atoms with E-state index in [4.69, 9.17) is 5.11 Å². The van der Waals surface area contributed by atoms with Crippen LogP contribution in [0.5, 0.6) is 0 Å². The second-order valence-electron chi connectivity index (χ2n) is 2.27. The third kappa shape index (κ3) is 3.88. The zero-order valence-electron chi connectivity index (χ0n) is 6.05. The van der Waals surface area contributed by atoms with E-state index in [1.807, 2.05) is 0 Å². The summed E-state index contributed by atoms with van der Waals surface area (Å²) in [4.78, 5) is 20.6. The molecule has 58 valence electrons. The van der Waals surface area contributed by atoms with Gasteiger partial charge in [-0.3, -0.25) is 9.59 Å². The van der Waals surface area contributed by atoms with Crippen molar-refractivity contribution in [3.63, 3.8) is 0 Å². The lowest BCUT2D eigenvalue weighted by atomic mass is 10.2. The second-order valence-corrected chi connectivity index (χ2v) is 2.27. The predicted octanol–water partition coefficient (Wildman–Crippen LogP) is -0.157. The largest absolute Gasteiger partial charge is 0.480 e. The van der Waals surface area contributed by atoms with Crippen molar-refractivity contribution in [1.29, 1.82) is 0 Å². The molecule has 0 bridgehead atoms. The smallest absolute Gasteiger partial charge is 0.322 e. The molecule has 0 atom stereocenters. The average molecular weight is 145 g/mol. The molecule has 1 amide bonds. The minimum Gasteiger partial charge on any atom is -0.480 e. The van der Waals surface area contributed by atoms with Crippen LogP contribution in [0.1, 0.15) is 13.8 Å². The van der Waals surface area contributed by atoms with Crippen molar-refractivity contribution in [2.75, 3.05) is 6.54 Å². The molecular weight excluding hydrogens is 134 g/mol. The maximum Gasteiger partial charge on any atom is 0.322 e. The van der Waals surface area contributed by atoms with E-state index in [1.165, 1.54) is 0 Å². The number of carboxylic acids is 1. The van der Waals surface area contributed by atoms with Crippen LogP contribution in [0.3, 0.4) is 0 Å². The first-order valence-electron chi connectivity index (χ1n) is 3.03. The molecule has 4 nitrogen and oxygen atoms in total. The van der Waals surface area contributed by atoms with Gasteiger partial charge >= 0.3 is 5.97 Å². The van der Waals surface area contributed by atoms with E-state index in [1.54, 1.807) is 13.8 Å². The van der Waals surface area contributed by atoms with Gasteiger partial charge in [0.15, 0.2) is 0 Å². The van der Waals surface area contributed by atoms with Gasteiger partial charge in [-0.25, -0.2) is 0 Å². The first kappa shape index (κ1) is 8.94. The summed E-state index contributed by atoms with van der Waals surface area (Å²) in [5.74, 6) is -1.41. The molecule has 0 rings (SSSR count). The summed E-state index contributed by atoms with van der Waals surface area (Å²) < 4.78 is 0. The number of nitrogens with one attached hydrogen (secondary N) is 1. The van der Waals surface area contributed by atoms with E-state index < -0.39 is 5.97 Å². The first-order chi connectivity index (χ1) is 4.54. The van der Waals surface area contributed by atoms with Crippen molar-refractivity contribution in [3.8, 4) is 0 Å². The lowest BCUT2D eigenvalue weighted by molar-refractivity contribution is -0.138. The second kappa shape index (κ2) is 3.87. The lowest BCUT2D eigenvalue weighted by Crippen LogP contribution is -2.32. The summed E-state index contributed by atoms with van der Waals surface area (Å²) in [6, 6.07) is 0. The molecule has 0 unspecified atom stereocenters. The van der Waals surface area contributed by atoms with Crippen molar-refractivity contribution in [2.45, 2.75) is 13.8 Å². The highest BCUT2D eigenvalue weighted by molar-refractivity contribution is 5.82. The van der Waals surface area contributed by atoms with Crippen molar-refractivity contribution in [2.24, 2.45) is 5.92 Å². The van der Waals surface area contributed by atoms with Crippen LogP contribution in [-0.2, 0) is 9.59 Å². The van der Waals surface area contributed by atoms with E-state index >= 15 is 0 Å². The third-order valence-corrected chi connectivity index (χ3v) is 0.938. The van der Waals surface area contributed by atoms with Crippen LogP contribution >= 0.6 is 0 Å². The van der Waals surface area contributed by atoms with Crippen molar-refractivity contribution < 1.29 is 14.7 Å². The molecule has 10 heavy (non-hydrogen) atoms. The molecule has 0 aliphatic rings. The maximum atomic E-state index is 10.7. The van der Waals surface area contributed by atoms with Crippen LogP contribution in [0.4, 0.5) is 0 Å². The Balaban J connectivity index is 3.50. The Labute approximate surface area is 59.2 Å². The summed E-state index contributed by atoms with van der Waals surface area (Å²) in [6.07, 6.45) is 0. The Morgan fingerprint density at radius 1 is 1.50 bits per heavy atom. The Hall–Kier alpha value is -1.06. The Kier molecular flexibility index (Phi) is 3.46. The van der Waals surface area contributed by atoms with Crippen molar-refractivity contribution in [3.05, 3.63) is 0 Å². The molecule has 0 radical (unpaired) electrons. The topological polar surface area (TPSA) is 66.4 Å². The van der Waals surface area contributed by atoms with E-state index in [2.05, 4.69) is 5.32 Å². The quantitative estimate of drug-likeness (QED) is 0.580. The molecule has 0 aromatic heterocycles. The zero-order chi connectivity index (χ0) is 8.15. The molecule has 4 heteroatoms. The van der Waals surface area contributed by atoms with Gasteiger partial charge in [0.2, 0.25) is 5.91 Å². The molecule has 0 saturated heterocycles. The number of amides is 1. The highest BCUT2D eigenvalue weighted by Gasteiger charge is 2.06. The standard InChI is InChI=1S/C6H11NO3/c1-4(2)6(10)7-3-5(8)9/h4H,3H2,1-2H3,(H,7,10)(H,8,9). The third-order valence-electron chi connectivity index (χ3n) is 0.938. The number of hydrogen-bond donors (Lipinski definition) is 2. The summed E-state index contributed by atoms with van der Waals surface area (Å²) in [7, 11) is 0. The van der Waals surface area contributed by atoms with Gasteiger partial charge in [0.1, 0.15) is 6.54 Å². The monoisotopic (exact) mass is 145 g/mol. The maximum absolute atomic E-state index is 10.7. The van der Waals surface area contributed by atoms with E-state index in [0.717, 1.165) is 0 Å². The Bertz CT molecular complexity index is 142. The van der Waals surface area contributed by atoms with E-state index in [0.29, 0.717) is 0 Å². The number of aliphatic carboxylic acids is 1. The minimum atomic E-state index is -1.02. The fourth-order valence-electron chi connectivity index (χ4n) is 0.367. The van der Waals surface area contributed by atoms with Gasteiger partial charge < -0.3 is 10.4 Å². The first-order valence-corrected chi connectivity index (χ1v) is 3.03. The van der Waals surface area contributed by atoms with Crippen LogP contribution in [0.25, 0.3) is 0 Å². The van der Waals surface area contributed by atoms with Gasteiger partial charge in [0.25, 0.3) is 0 Å². The molecule has 0 aromatic carbocycles. The molecule has 0 fully saturated rings. The molecular formula is C6H11NO3. The molecule has 0 aliphatic heterocycles. The summed E-state index contributed by atoms with van der Waals surface area (Å²) in [6.45, 7) is 3.12. The van der Waals surface area contributed by atoms with E-state index in [-0.39, 0.29) is 18.4 Å². The Morgan fingerprint density at radius 2 is 2.00 bits per heavy atom. The number of hydrogen-bond acceptors (Lipinski definition) is 2. The molecule has 0 aliphatic carbocycles. The van der Waals surface area contributed by atoms with Gasteiger partial charge in [-0.05, 0) is 0 Å². The Morgan fingerprint density at radius 3 is 2.30 bits per heavy atom. The number of carbonyl (C=O) groups is 2. The average Bonchev–Trinajstić information content (AvgIpc) is 1.82. The zero-order valence-corrected chi connectivity index (χ0v) is 6.05. The normalized spacial score (nSPS) is 9.50. The summed E-state index contributed by atoms with van der Waals surface area (Å²) in [5, 5.41) is 10.4. The van der Waals surface area contributed by atoms with Gasteiger partial charge in [-0.2, -0.15) is 0 Å². The predicted molar refractivity (Wildman–Crippen MR) is 35.5 cm³/mol. The van der Waals surface area contributed by atoms with Crippen LogP contribution < -0.4 is 5.32 Å². The highest BCUT2D eigenvalue weighted by atomic mass is 16.4.